The molecule has 0 spiro atoms. The smallest absolute Gasteiger partial charge is 0.219 e. The fourth-order valence-corrected chi connectivity index (χ4v) is 2.79. The normalized spacial score (nSPS) is 16.1. The Balaban J connectivity index is 1.79. The Bertz CT molecular complexity index is 775. The van der Waals surface area contributed by atoms with Crippen molar-refractivity contribution in [1.82, 2.24) is 9.88 Å². The highest BCUT2D eigenvalue weighted by Crippen LogP contribution is 2.24. The molecule has 0 atom stereocenters. The Hall–Kier alpha value is -2.70. The highest BCUT2D eigenvalue weighted by atomic mass is 19.2. The van der Waals surface area contributed by atoms with Crippen molar-refractivity contribution in [2.45, 2.75) is 19.8 Å². The monoisotopic (exact) mass is 347 g/mol. The number of hydrogen-bond donors (Lipinski definition) is 1. The average Bonchev–Trinajstić information content (AvgIpc) is 2.61. The van der Waals surface area contributed by atoms with Gasteiger partial charge in [0.25, 0.3) is 0 Å². The summed E-state index contributed by atoms with van der Waals surface area (Å²) in [4.78, 5) is 6.08. The Morgan fingerprint density at radius 2 is 1.96 bits per heavy atom. The first-order chi connectivity index (χ1) is 12.1. The van der Waals surface area contributed by atoms with Gasteiger partial charge < -0.3 is 14.8 Å². The van der Waals surface area contributed by atoms with Crippen LogP contribution in [0.5, 0.6) is 11.6 Å². The van der Waals surface area contributed by atoms with E-state index in [0.29, 0.717) is 17.3 Å². The van der Waals surface area contributed by atoms with Crippen molar-refractivity contribution in [3.63, 3.8) is 0 Å². The van der Waals surface area contributed by atoms with Crippen molar-refractivity contribution >= 4 is 5.84 Å². The summed E-state index contributed by atoms with van der Waals surface area (Å²) < 4.78 is 31.8. The lowest BCUT2D eigenvalue weighted by molar-refractivity contribution is 0.258. The number of likely N-dealkylation sites (tertiary alicyclic amines) is 1. The van der Waals surface area contributed by atoms with Crippen LogP contribution in [0.3, 0.4) is 0 Å². The number of hydrogen-bond acceptors (Lipinski definition) is 4. The Morgan fingerprint density at radius 3 is 2.64 bits per heavy atom. The van der Waals surface area contributed by atoms with Crippen LogP contribution >= 0.6 is 0 Å². The predicted molar refractivity (Wildman–Crippen MR) is 89.0 cm³/mol. The van der Waals surface area contributed by atoms with Gasteiger partial charge in [0.15, 0.2) is 17.5 Å². The molecule has 5 nitrogen and oxygen atoms in total. The molecule has 0 aliphatic carbocycles. The van der Waals surface area contributed by atoms with Crippen LogP contribution in [-0.4, -0.2) is 34.0 Å². The second-order valence-corrected chi connectivity index (χ2v) is 6.15. The van der Waals surface area contributed by atoms with Crippen molar-refractivity contribution in [3.8, 4) is 11.6 Å². The first kappa shape index (κ1) is 17.1. The molecule has 1 aromatic carbocycles. The molecule has 0 unspecified atom stereocenters. The molecule has 1 N–H and O–H groups in total. The number of piperidine rings is 1. The average molecular weight is 347 g/mol. The number of amidine groups is 1. The fourth-order valence-electron chi connectivity index (χ4n) is 2.79. The zero-order valence-corrected chi connectivity index (χ0v) is 13.8. The van der Waals surface area contributed by atoms with Gasteiger partial charge in [-0.3, -0.25) is 0 Å². The van der Waals surface area contributed by atoms with Crippen LogP contribution < -0.4 is 4.74 Å². The Kier molecular flexibility index (Phi) is 5.11. The van der Waals surface area contributed by atoms with E-state index in [1.165, 1.54) is 12.3 Å². The maximum absolute atomic E-state index is 13.3. The van der Waals surface area contributed by atoms with Gasteiger partial charge in [-0.15, -0.1) is 0 Å². The van der Waals surface area contributed by atoms with E-state index in [4.69, 9.17) is 4.74 Å². The van der Waals surface area contributed by atoms with E-state index >= 15 is 0 Å². The van der Waals surface area contributed by atoms with Crippen molar-refractivity contribution in [2.24, 2.45) is 11.1 Å². The lowest BCUT2D eigenvalue weighted by Crippen LogP contribution is -2.38. The van der Waals surface area contributed by atoms with Gasteiger partial charge in [-0.05, 0) is 37.0 Å². The zero-order chi connectivity index (χ0) is 17.8. The third-order valence-electron chi connectivity index (χ3n) is 4.28. The van der Waals surface area contributed by atoms with E-state index in [1.54, 1.807) is 12.1 Å². The van der Waals surface area contributed by atoms with Crippen molar-refractivity contribution in [2.75, 3.05) is 13.1 Å². The van der Waals surface area contributed by atoms with Crippen LogP contribution in [-0.2, 0) is 0 Å². The molecular weight excluding hydrogens is 328 g/mol. The van der Waals surface area contributed by atoms with Gasteiger partial charge in [-0.25, -0.2) is 13.8 Å². The lowest BCUT2D eigenvalue weighted by Gasteiger charge is -2.32. The molecule has 1 fully saturated rings. The van der Waals surface area contributed by atoms with Crippen LogP contribution in [0.15, 0.2) is 41.7 Å². The molecule has 3 rings (SSSR count). The van der Waals surface area contributed by atoms with Gasteiger partial charge in [-0.1, -0.05) is 12.1 Å². The van der Waals surface area contributed by atoms with Crippen molar-refractivity contribution in [1.29, 1.82) is 0 Å². The van der Waals surface area contributed by atoms with E-state index in [-0.39, 0.29) is 11.6 Å². The van der Waals surface area contributed by atoms with Gasteiger partial charge in [0.2, 0.25) is 5.88 Å². The topological polar surface area (TPSA) is 58.0 Å². The number of pyridine rings is 1. The maximum atomic E-state index is 13.3. The summed E-state index contributed by atoms with van der Waals surface area (Å²) in [5.41, 5.74) is 0.643. The molecule has 7 heteroatoms. The second-order valence-electron chi connectivity index (χ2n) is 6.15. The molecule has 132 valence electrons. The molecular formula is C18H19F2N3O2. The van der Waals surface area contributed by atoms with E-state index in [2.05, 4.69) is 17.1 Å². The number of oxime groups is 1. The van der Waals surface area contributed by atoms with Gasteiger partial charge in [0, 0.05) is 37.0 Å². The molecule has 1 saturated heterocycles. The Morgan fingerprint density at radius 1 is 1.20 bits per heavy atom. The summed E-state index contributed by atoms with van der Waals surface area (Å²) in [6.07, 6.45) is 3.58. The van der Waals surface area contributed by atoms with E-state index < -0.39 is 11.6 Å². The predicted octanol–water partition coefficient (Wildman–Crippen LogP) is 4.02. The van der Waals surface area contributed by atoms with E-state index in [0.717, 1.165) is 38.1 Å². The molecule has 25 heavy (non-hydrogen) atoms. The third-order valence-corrected chi connectivity index (χ3v) is 4.28. The SMILES string of the molecule is CC1CCN(/C(=N\O)c2ccnc(Oc3ccc(F)c(F)c3)c2)CC1. The van der Waals surface area contributed by atoms with Gasteiger partial charge in [0.05, 0.1) is 0 Å². The summed E-state index contributed by atoms with van der Waals surface area (Å²) in [6.45, 7) is 3.82. The summed E-state index contributed by atoms with van der Waals surface area (Å²) in [6, 6.07) is 6.58. The lowest BCUT2D eigenvalue weighted by atomic mass is 9.98. The summed E-state index contributed by atoms with van der Waals surface area (Å²) in [7, 11) is 0. The maximum Gasteiger partial charge on any atom is 0.219 e. The van der Waals surface area contributed by atoms with Crippen LogP contribution in [0.2, 0.25) is 0 Å². The number of rotatable bonds is 3. The second kappa shape index (κ2) is 7.46. The molecule has 1 aromatic heterocycles. The van der Waals surface area contributed by atoms with Gasteiger partial charge >= 0.3 is 0 Å². The highest BCUT2D eigenvalue weighted by Gasteiger charge is 2.21. The number of nitrogens with zero attached hydrogens (tertiary/aromatic N) is 3. The van der Waals surface area contributed by atoms with Gasteiger partial charge in [-0.2, -0.15) is 0 Å². The molecule has 0 saturated carbocycles. The summed E-state index contributed by atoms with van der Waals surface area (Å²) >= 11 is 0. The molecule has 2 aromatic rings. The molecule has 0 amide bonds. The Labute approximate surface area is 144 Å². The molecule has 0 bridgehead atoms. The minimum atomic E-state index is -0.992. The molecule has 1 aliphatic rings. The summed E-state index contributed by atoms with van der Waals surface area (Å²) in [5, 5.41) is 12.9. The minimum Gasteiger partial charge on any atom is -0.439 e. The summed E-state index contributed by atoms with van der Waals surface area (Å²) in [5.74, 6) is -0.491. The largest absolute Gasteiger partial charge is 0.439 e. The minimum absolute atomic E-state index is 0.137. The number of aromatic nitrogens is 1. The first-order valence-corrected chi connectivity index (χ1v) is 8.13. The van der Waals surface area contributed by atoms with Crippen LogP contribution in [0, 0.1) is 17.6 Å². The molecule has 1 aliphatic heterocycles. The van der Waals surface area contributed by atoms with E-state index in [9.17, 15) is 14.0 Å². The van der Waals surface area contributed by atoms with Crippen LogP contribution in [0.1, 0.15) is 25.3 Å². The molecule has 0 radical (unpaired) electrons. The highest BCUT2D eigenvalue weighted by molar-refractivity contribution is 5.98. The van der Waals surface area contributed by atoms with Crippen molar-refractivity contribution in [3.05, 3.63) is 53.7 Å². The number of halogens is 2. The van der Waals surface area contributed by atoms with Crippen LogP contribution in [0.4, 0.5) is 8.78 Å². The molecule has 2 heterocycles. The standard InChI is InChI=1S/C18H19F2N3O2/c1-12-5-8-23(9-6-12)18(22-24)13-4-7-21-17(10-13)25-14-2-3-15(19)16(20)11-14/h2-4,7,10-12,24H,5-6,8-9H2,1H3/b22-18-. The zero-order valence-electron chi connectivity index (χ0n) is 13.8. The number of benzene rings is 1. The fraction of sp³-hybridized carbons (Fsp3) is 0.333. The number of ether oxygens (including phenoxy) is 1. The first-order valence-electron chi connectivity index (χ1n) is 8.13. The van der Waals surface area contributed by atoms with Crippen molar-refractivity contribution < 1.29 is 18.7 Å². The van der Waals surface area contributed by atoms with Gasteiger partial charge in [0.1, 0.15) is 5.75 Å². The third kappa shape index (κ3) is 4.04. The van der Waals surface area contributed by atoms with Crippen LogP contribution in [0.25, 0.3) is 0 Å². The quantitative estimate of drug-likeness (QED) is 0.394. The van der Waals surface area contributed by atoms with E-state index in [1.807, 2.05) is 4.90 Å².